The lowest BCUT2D eigenvalue weighted by Gasteiger charge is -2.34. The zero-order chi connectivity index (χ0) is 20.1. The van der Waals surface area contributed by atoms with Crippen LogP contribution < -0.4 is 10.9 Å². The summed E-state index contributed by atoms with van der Waals surface area (Å²) in [5, 5.41) is 0. The summed E-state index contributed by atoms with van der Waals surface area (Å²) in [6, 6.07) is 5.60. The first-order chi connectivity index (χ1) is 13.3. The van der Waals surface area contributed by atoms with Gasteiger partial charge in [0.05, 0.1) is 11.5 Å². The van der Waals surface area contributed by atoms with Gasteiger partial charge < -0.3 is 9.80 Å². The number of halogens is 3. The minimum absolute atomic E-state index is 0.0116. The fourth-order valence-electron chi connectivity index (χ4n) is 4.01. The normalized spacial score (nSPS) is 19.9. The number of amides is 1. The molecule has 5 nitrogen and oxygen atoms in total. The fraction of sp³-hybridized carbons (Fsp3) is 0.650. The molecular weight excluding hydrogens is 369 g/mol. The van der Waals surface area contributed by atoms with Crippen molar-refractivity contribution < 1.29 is 18.0 Å². The summed E-state index contributed by atoms with van der Waals surface area (Å²) in [6.07, 6.45) is -1.64. The summed E-state index contributed by atoms with van der Waals surface area (Å²) in [5.41, 5.74) is 6.12. The molecule has 1 aromatic rings. The number of rotatable bonds is 6. The minimum Gasteiger partial charge on any atom is -0.345 e. The first-order valence-electron chi connectivity index (χ1n) is 9.92. The van der Waals surface area contributed by atoms with Crippen molar-refractivity contribution in [2.75, 3.05) is 46.3 Å². The Hall–Kier alpha value is -1.64. The lowest BCUT2D eigenvalue weighted by atomic mass is 9.95. The number of benzene rings is 1. The number of nitrogens with zero attached hydrogens (tertiary/aromatic N) is 2. The van der Waals surface area contributed by atoms with Gasteiger partial charge in [0.2, 0.25) is 5.91 Å². The number of carbonyl (C=O) groups excluding carboxylic acids is 1. The van der Waals surface area contributed by atoms with Crippen LogP contribution in [-0.4, -0.2) is 62.0 Å². The fourth-order valence-corrected chi connectivity index (χ4v) is 4.01. The zero-order valence-corrected chi connectivity index (χ0v) is 16.3. The van der Waals surface area contributed by atoms with Gasteiger partial charge >= 0.3 is 6.18 Å². The largest absolute Gasteiger partial charge is 0.416 e. The van der Waals surface area contributed by atoms with Crippen LogP contribution in [0.2, 0.25) is 0 Å². The average molecular weight is 398 g/mol. The predicted octanol–water partition coefficient (Wildman–Crippen LogP) is 2.14. The molecule has 1 amide bonds. The maximum Gasteiger partial charge on any atom is 0.416 e. The van der Waals surface area contributed by atoms with Gasteiger partial charge in [0.15, 0.2) is 0 Å². The number of piperidine rings is 1. The lowest BCUT2D eigenvalue weighted by molar-refractivity contribution is -0.137. The van der Waals surface area contributed by atoms with Crippen LogP contribution in [-0.2, 0) is 17.4 Å². The molecule has 2 aliphatic rings. The van der Waals surface area contributed by atoms with Crippen molar-refractivity contribution in [3.63, 3.8) is 0 Å². The van der Waals surface area contributed by atoms with E-state index in [0.717, 1.165) is 50.7 Å². The maximum atomic E-state index is 12.8. The van der Waals surface area contributed by atoms with E-state index in [1.807, 2.05) is 11.9 Å². The second kappa shape index (κ2) is 9.24. The van der Waals surface area contributed by atoms with Crippen LogP contribution in [0.3, 0.4) is 0 Å². The number of hydrazine groups is 1. The van der Waals surface area contributed by atoms with Crippen molar-refractivity contribution in [2.45, 2.75) is 25.4 Å². The smallest absolute Gasteiger partial charge is 0.345 e. The van der Waals surface area contributed by atoms with Crippen LogP contribution in [0.5, 0.6) is 0 Å². The molecule has 3 rings (SSSR count). The van der Waals surface area contributed by atoms with Crippen LogP contribution >= 0.6 is 0 Å². The Kier molecular flexibility index (Phi) is 6.95. The number of hydrogen-bond acceptors (Lipinski definition) is 4. The molecule has 0 radical (unpaired) electrons. The average Bonchev–Trinajstić information content (AvgIpc) is 3.21. The third-order valence-electron chi connectivity index (χ3n) is 5.76. The molecule has 0 aromatic heterocycles. The Labute approximate surface area is 164 Å². The molecule has 0 atom stereocenters. The van der Waals surface area contributed by atoms with E-state index >= 15 is 0 Å². The van der Waals surface area contributed by atoms with Gasteiger partial charge in [0, 0.05) is 33.2 Å². The van der Waals surface area contributed by atoms with Crippen LogP contribution in [0.15, 0.2) is 24.3 Å². The molecule has 0 saturated carbocycles. The molecule has 156 valence electrons. The Morgan fingerprint density at radius 1 is 1.21 bits per heavy atom. The van der Waals surface area contributed by atoms with Crippen molar-refractivity contribution in [3.05, 3.63) is 35.4 Å². The van der Waals surface area contributed by atoms with Crippen LogP contribution in [0.1, 0.15) is 24.0 Å². The Morgan fingerprint density at radius 3 is 2.54 bits per heavy atom. The Balaban J connectivity index is 1.40. The summed E-state index contributed by atoms with van der Waals surface area (Å²) >= 11 is 0. The zero-order valence-electron chi connectivity index (χ0n) is 16.3. The Bertz CT molecular complexity index is 653. The van der Waals surface area contributed by atoms with Crippen molar-refractivity contribution in [2.24, 2.45) is 11.8 Å². The van der Waals surface area contributed by atoms with E-state index in [9.17, 15) is 18.0 Å². The van der Waals surface area contributed by atoms with Gasteiger partial charge in [0.1, 0.15) is 0 Å². The van der Waals surface area contributed by atoms with E-state index in [2.05, 4.69) is 15.8 Å². The third kappa shape index (κ3) is 5.68. The van der Waals surface area contributed by atoms with Gasteiger partial charge in [-0.2, -0.15) is 13.2 Å². The van der Waals surface area contributed by atoms with Gasteiger partial charge in [-0.25, -0.2) is 0 Å². The highest BCUT2D eigenvalue weighted by Gasteiger charge is 2.30. The van der Waals surface area contributed by atoms with Crippen molar-refractivity contribution >= 4 is 5.91 Å². The van der Waals surface area contributed by atoms with Crippen molar-refractivity contribution in [1.82, 2.24) is 20.7 Å². The lowest BCUT2D eigenvalue weighted by Crippen LogP contribution is -2.42. The monoisotopic (exact) mass is 398 g/mol. The van der Waals surface area contributed by atoms with E-state index in [1.165, 1.54) is 12.1 Å². The second-order valence-corrected chi connectivity index (χ2v) is 7.91. The summed E-state index contributed by atoms with van der Waals surface area (Å²) < 4.78 is 38.5. The number of hydrogen-bond donors (Lipinski definition) is 2. The molecule has 2 fully saturated rings. The van der Waals surface area contributed by atoms with E-state index in [4.69, 9.17) is 0 Å². The minimum atomic E-state index is -4.29. The number of nitrogens with one attached hydrogen (secondary N) is 2. The van der Waals surface area contributed by atoms with E-state index < -0.39 is 11.7 Å². The molecule has 0 bridgehead atoms. The quantitative estimate of drug-likeness (QED) is 0.771. The molecule has 2 N–H and O–H groups in total. The molecule has 2 saturated heterocycles. The van der Waals surface area contributed by atoms with Gasteiger partial charge in [-0.1, -0.05) is 18.2 Å². The summed E-state index contributed by atoms with van der Waals surface area (Å²) in [5.74, 6) is 0.683. The molecule has 0 spiro atoms. The van der Waals surface area contributed by atoms with Gasteiger partial charge in [-0.15, -0.1) is 0 Å². The van der Waals surface area contributed by atoms with Crippen LogP contribution in [0.4, 0.5) is 13.2 Å². The van der Waals surface area contributed by atoms with E-state index in [0.29, 0.717) is 25.4 Å². The third-order valence-corrected chi connectivity index (χ3v) is 5.76. The molecule has 8 heteroatoms. The SMILES string of the molecule is CN(CC1CCN(CCc2cccc(C(F)(F)F)c2)CC1)C(=O)C1CNNC1. The predicted molar refractivity (Wildman–Crippen MR) is 101 cm³/mol. The molecule has 0 unspecified atom stereocenters. The standard InChI is InChI=1S/C20H29F3N4O/c1-26(19(28)17-12-24-25-13-17)14-16-6-9-27(10-7-16)8-5-15-3-2-4-18(11-15)20(21,22)23/h2-4,11,16-17,24-25H,5-10,12-14H2,1H3. The van der Waals surface area contributed by atoms with Gasteiger partial charge in [-0.05, 0) is 49.9 Å². The molecular formula is C20H29F3N4O. The van der Waals surface area contributed by atoms with Crippen molar-refractivity contribution in [3.8, 4) is 0 Å². The summed E-state index contributed by atoms with van der Waals surface area (Å²) in [6.45, 7) is 4.75. The second-order valence-electron chi connectivity index (χ2n) is 7.91. The molecule has 28 heavy (non-hydrogen) atoms. The van der Waals surface area contributed by atoms with Crippen molar-refractivity contribution in [1.29, 1.82) is 0 Å². The molecule has 2 aliphatic heterocycles. The molecule has 2 heterocycles. The maximum absolute atomic E-state index is 12.8. The highest BCUT2D eigenvalue weighted by atomic mass is 19.4. The highest BCUT2D eigenvalue weighted by molar-refractivity contribution is 5.79. The highest BCUT2D eigenvalue weighted by Crippen LogP contribution is 2.29. The summed E-state index contributed by atoms with van der Waals surface area (Å²) in [4.78, 5) is 16.6. The molecule has 0 aliphatic carbocycles. The number of likely N-dealkylation sites (tertiary alicyclic amines) is 1. The van der Waals surface area contributed by atoms with Gasteiger partial charge in [0.25, 0.3) is 0 Å². The molecule has 1 aromatic carbocycles. The van der Waals surface area contributed by atoms with Crippen LogP contribution in [0.25, 0.3) is 0 Å². The van der Waals surface area contributed by atoms with Gasteiger partial charge in [-0.3, -0.25) is 15.6 Å². The first kappa shape index (κ1) is 21.1. The Morgan fingerprint density at radius 2 is 1.89 bits per heavy atom. The number of carbonyl (C=O) groups is 1. The number of alkyl halides is 3. The van der Waals surface area contributed by atoms with E-state index in [1.54, 1.807) is 6.07 Å². The van der Waals surface area contributed by atoms with E-state index in [-0.39, 0.29) is 11.8 Å². The summed E-state index contributed by atoms with van der Waals surface area (Å²) in [7, 11) is 1.88. The van der Waals surface area contributed by atoms with Crippen LogP contribution in [0, 0.1) is 11.8 Å². The first-order valence-corrected chi connectivity index (χ1v) is 9.92. The topological polar surface area (TPSA) is 47.6 Å².